The zero-order valence-corrected chi connectivity index (χ0v) is 21.1. The molecule has 0 saturated heterocycles. The van der Waals surface area contributed by atoms with Gasteiger partial charge in [0.25, 0.3) is 0 Å². The molecule has 0 bridgehead atoms. The van der Waals surface area contributed by atoms with Gasteiger partial charge in [-0.15, -0.1) is 23.7 Å². The van der Waals surface area contributed by atoms with Gasteiger partial charge in [0, 0.05) is 28.9 Å². The summed E-state index contributed by atoms with van der Waals surface area (Å²) in [5.41, 5.74) is 5.13. The summed E-state index contributed by atoms with van der Waals surface area (Å²) in [5, 5.41) is 3.75. The zero-order valence-electron chi connectivity index (χ0n) is 18.7. The summed E-state index contributed by atoms with van der Waals surface area (Å²) in [6, 6.07) is 12.1. The van der Waals surface area contributed by atoms with Crippen LogP contribution in [0.25, 0.3) is 22.6 Å². The minimum Gasteiger partial charge on any atom is -0.493 e. The van der Waals surface area contributed by atoms with Crippen LogP contribution in [0.15, 0.2) is 41.8 Å². The number of aromatic amines is 1. The fourth-order valence-electron chi connectivity index (χ4n) is 3.38. The van der Waals surface area contributed by atoms with Gasteiger partial charge in [-0.05, 0) is 55.9 Å². The van der Waals surface area contributed by atoms with E-state index in [2.05, 4.69) is 56.0 Å². The Balaban J connectivity index is 0.00000289. The molecule has 8 heteroatoms. The Kier molecular flexibility index (Phi) is 8.17. The summed E-state index contributed by atoms with van der Waals surface area (Å²) in [7, 11) is 4.13. The number of hydrogen-bond donors (Lipinski definition) is 1. The predicted octanol–water partition coefficient (Wildman–Crippen LogP) is 6.45. The molecule has 0 aliphatic heterocycles. The van der Waals surface area contributed by atoms with Crippen molar-refractivity contribution >= 4 is 46.4 Å². The number of imidazole rings is 1. The molecule has 170 valence electrons. The van der Waals surface area contributed by atoms with E-state index in [0.29, 0.717) is 24.0 Å². The van der Waals surface area contributed by atoms with Crippen molar-refractivity contribution in [1.82, 2.24) is 19.9 Å². The summed E-state index contributed by atoms with van der Waals surface area (Å²) in [4.78, 5) is 15.1. The van der Waals surface area contributed by atoms with Crippen molar-refractivity contribution in [2.75, 3.05) is 20.7 Å². The van der Waals surface area contributed by atoms with Crippen molar-refractivity contribution in [3.05, 3.63) is 62.9 Å². The fourth-order valence-corrected chi connectivity index (χ4v) is 4.38. The third kappa shape index (κ3) is 6.01. The summed E-state index contributed by atoms with van der Waals surface area (Å²) in [6.07, 6.45) is 0.672. The van der Waals surface area contributed by atoms with Gasteiger partial charge in [-0.1, -0.05) is 31.5 Å². The molecule has 0 spiro atoms. The monoisotopic (exact) mass is 490 g/mol. The quantitative estimate of drug-likeness (QED) is 0.308. The second-order valence-corrected chi connectivity index (χ2v) is 9.81. The Bertz CT molecular complexity index is 1190. The van der Waals surface area contributed by atoms with Crippen LogP contribution in [0.4, 0.5) is 0 Å². The van der Waals surface area contributed by atoms with Crippen molar-refractivity contribution in [3.63, 3.8) is 0 Å². The van der Waals surface area contributed by atoms with Crippen molar-refractivity contribution in [3.8, 4) is 17.3 Å². The maximum absolute atomic E-state index is 6.25. The van der Waals surface area contributed by atoms with Crippen molar-refractivity contribution in [2.45, 2.75) is 26.8 Å². The number of rotatable bonds is 8. The topological polar surface area (TPSA) is 54.0 Å². The lowest BCUT2D eigenvalue weighted by molar-refractivity contribution is 0.269. The lowest BCUT2D eigenvalue weighted by Crippen LogP contribution is -2.10. The van der Waals surface area contributed by atoms with Crippen LogP contribution in [0.5, 0.6) is 5.75 Å². The average molecular weight is 491 g/mol. The molecule has 32 heavy (non-hydrogen) atoms. The van der Waals surface area contributed by atoms with E-state index in [4.69, 9.17) is 26.3 Å². The van der Waals surface area contributed by atoms with Gasteiger partial charge in [0.05, 0.1) is 22.6 Å². The number of nitrogens with zero attached hydrogens (tertiary/aromatic N) is 3. The fraction of sp³-hybridized carbons (Fsp3) is 0.333. The predicted molar refractivity (Wildman–Crippen MR) is 136 cm³/mol. The number of H-pyrrole nitrogens is 1. The molecule has 0 fully saturated rings. The Morgan fingerprint density at radius 3 is 2.69 bits per heavy atom. The Hall–Kier alpha value is -2.12. The molecular formula is C24H28Cl2N4OS. The standard InChI is InChI=1S/C24H27ClN4OS.ClH/c1-15(2)13-30-22-8-6-18(25)10-17(22)11-23-26-21(14-31-23)24-27-19-7-5-16(12-29(3)4)9-20(19)28-24;/h5-10,14-15H,11-13H2,1-4H3,(H,27,28);1H. The Morgan fingerprint density at radius 2 is 1.94 bits per heavy atom. The first kappa shape index (κ1) is 24.5. The number of benzene rings is 2. The molecule has 2 heterocycles. The second kappa shape index (κ2) is 10.7. The van der Waals surface area contributed by atoms with Gasteiger partial charge in [-0.2, -0.15) is 0 Å². The van der Waals surface area contributed by atoms with Gasteiger partial charge in [0.2, 0.25) is 0 Å². The highest BCUT2D eigenvalue weighted by molar-refractivity contribution is 7.10. The van der Waals surface area contributed by atoms with Crippen LogP contribution in [-0.4, -0.2) is 40.6 Å². The minimum atomic E-state index is 0. The highest BCUT2D eigenvalue weighted by Gasteiger charge is 2.13. The number of thiazole rings is 1. The molecular weight excluding hydrogens is 463 g/mol. The van der Waals surface area contributed by atoms with Crippen LogP contribution in [0.3, 0.4) is 0 Å². The minimum absolute atomic E-state index is 0. The van der Waals surface area contributed by atoms with Gasteiger partial charge in [-0.25, -0.2) is 9.97 Å². The largest absolute Gasteiger partial charge is 0.493 e. The highest BCUT2D eigenvalue weighted by Crippen LogP contribution is 2.29. The van der Waals surface area contributed by atoms with Crippen LogP contribution >= 0.6 is 35.3 Å². The molecule has 0 aliphatic rings. The smallest absolute Gasteiger partial charge is 0.158 e. The first-order chi connectivity index (χ1) is 14.9. The summed E-state index contributed by atoms with van der Waals surface area (Å²) < 4.78 is 5.99. The van der Waals surface area contributed by atoms with Gasteiger partial charge >= 0.3 is 0 Å². The van der Waals surface area contributed by atoms with Crippen LogP contribution in [0.2, 0.25) is 5.02 Å². The van der Waals surface area contributed by atoms with E-state index in [-0.39, 0.29) is 12.4 Å². The number of nitrogens with one attached hydrogen (secondary N) is 1. The van der Waals surface area contributed by atoms with E-state index in [1.807, 2.05) is 23.6 Å². The average Bonchev–Trinajstić information content (AvgIpc) is 3.33. The first-order valence-corrected chi connectivity index (χ1v) is 11.6. The van der Waals surface area contributed by atoms with Crippen molar-refractivity contribution < 1.29 is 4.74 Å². The van der Waals surface area contributed by atoms with Crippen LogP contribution in [0.1, 0.15) is 30.0 Å². The van der Waals surface area contributed by atoms with Gasteiger partial charge in [0.1, 0.15) is 11.4 Å². The van der Waals surface area contributed by atoms with E-state index in [0.717, 1.165) is 45.4 Å². The molecule has 4 rings (SSSR count). The molecule has 0 radical (unpaired) electrons. The van der Waals surface area contributed by atoms with E-state index in [1.165, 1.54) is 5.56 Å². The molecule has 4 aromatic rings. The van der Waals surface area contributed by atoms with Gasteiger partial charge < -0.3 is 14.6 Å². The SMILES string of the molecule is CC(C)COc1ccc(Cl)cc1Cc1nc(-c2nc3cc(CN(C)C)ccc3[nH]2)cs1.Cl. The maximum atomic E-state index is 6.25. The molecule has 0 atom stereocenters. The maximum Gasteiger partial charge on any atom is 0.158 e. The highest BCUT2D eigenvalue weighted by atomic mass is 35.5. The van der Waals surface area contributed by atoms with Gasteiger partial charge in [0.15, 0.2) is 5.82 Å². The summed E-state index contributed by atoms with van der Waals surface area (Å²) >= 11 is 7.87. The Morgan fingerprint density at radius 1 is 1.12 bits per heavy atom. The molecule has 2 aromatic heterocycles. The van der Waals surface area contributed by atoms with Crippen LogP contribution in [-0.2, 0) is 13.0 Å². The van der Waals surface area contributed by atoms with E-state index in [9.17, 15) is 0 Å². The third-order valence-corrected chi connectivity index (χ3v) is 5.86. The molecule has 0 saturated carbocycles. The third-order valence-electron chi connectivity index (χ3n) is 4.78. The summed E-state index contributed by atoms with van der Waals surface area (Å²) in [5.74, 6) is 2.12. The molecule has 5 nitrogen and oxygen atoms in total. The Labute approximate surface area is 204 Å². The van der Waals surface area contributed by atoms with Crippen molar-refractivity contribution in [1.29, 1.82) is 0 Å². The molecule has 1 N–H and O–H groups in total. The lowest BCUT2D eigenvalue weighted by Gasteiger charge is -2.13. The summed E-state index contributed by atoms with van der Waals surface area (Å²) in [6.45, 7) is 5.84. The molecule has 0 amide bonds. The van der Waals surface area contributed by atoms with E-state index in [1.54, 1.807) is 11.3 Å². The number of hydrogen-bond acceptors (Lipinski definition) is 5. The number of halogens is 2. The second-order valence-electron chi connectivity index (χ2n) is 8.43. The molecule has 0 aliphatic carbocycles. The number of fused-ring (bicyclic) bond motifs is 1. The number of ether oxygens (including phenoxy) is 1. The van der Waals surface area contributed by atoms with Crippen LogP contribution in [0, 0.1) is 5.92 Å². The van der Waals surface area contributed by atoms with E-state index < -0.39 is 0 Å². The number of aromatic nitrogens is 3. The molecule has 2 aromatic carbocycles. The first-order valence-electron chi connectivity index (χ1n) is 10.4. The van der Waals surface area contributed by atoms with Crippen molar-refractivity contribution in [2.24, 2.45) is 5.92 Å². The molecule has 0 unspecified atom stereocenters. The van der Waals surface area contributed by atoms with Gasteiger partial charge in [-0.3, -0.25) is 0 Å². The van der Waals surface area contributed by atoms with E-state index >= 15 is 0 Å². The zero-order chi connectivity index (χ0) is 22.0. The van der Waals surface area contributed by atoms with Crippen LogP contribution < -0.4 is 4.74 Å². The lowest BCUT2D eigenvalue weighted by atomic mass is 10.1. The normalized spacial score (nSPS) is 11.3.